The lowest BCUT2D eigenvalue weighted by Gasteiger charge is -2.08. The first kappa shape index (κ1) is 14.1. The summed E-state index contributed by atoms with van der Waals surface area (Å²) in [6, 6.07) is 7.67. The van der Waals surface area contributed by atoms with Crippen LogP contribution in [0.1, 0.15) is 18.4 Å². The van der Waals surface area contributed by atoms with Gasteiger partial charge in [0.05, 0.1) is 18.2 Å². The van der Waals surface area contributed by atoms with Crippen LogP contribution in [0.25, 0.3) is 10.9 Å². The largest absolute Gasteiger partial charge is 0.497 e. The van der Waals surface area contributed by atoms with E-state index in [-0.39, 0.29) is 5.56 Å². The summed E-state index contributed by atoms with van der Waals surface area (Å²) in [6.45, 7) is 2.47. The zero-order valence-electron chi connectivity index (χ0n) is 12.2. The highest BCUT2D eigenvalue weighted by Gasteiger charge is 2.17. The molecule has 1 aromatic carbocycles. The van der Waals surface area contributed by atoms with E-state index in [0.29, 0.717) is 12.6 Å². The van der Waals surface area contributed by atoms with E-state index in [1.165, 1.54) is 0 Å². The quantitative estimate of drug-likeness (QED) is 0.854. The molecule has 0 saturated carbocycles. The number of methoxy groups -OCH3 is 1. The zero-order valence-corrected chi connectivity index (χ0v) is 12.2. The Labute approximate surface area is 123 Å². The lowest BCUT2D eigenvalue weighted by molar-refractivity contribution is -0.676. The Bertz CT molecular complexity index is 675. The van der Waals surface area contributed by atoms with Crippen molar-refractivity contribution in [1.29, 1.82) is 0 Å². The van der Waals surface area contributed by atoms with Crippen molar-refractivity contribution in [3.05, 3.63) is 40.2 Å². The van der Waals surface area contributed by atoms with Crippen molar-refractivity contribution in [2.45, 2.75) is 25.5 Å². The average molecular weight is 289 g/mol. The van der Waals surface area contributed by atoms with Crippen LogP contribution in [0.15, 0.2) is 29.1 Å². The Morgan fingerprint density at radius 3 is 3.10 bits per heavy atom. The van der Waals surface area contributed by atoms with Crippen molar-refractivity contribution in [3.8, 4) is 5.75 Å². The molecule has 2 heterocycles. The van der Waals surface area contributed by atoms with E-state index in [1.807, 2.05) is 24.3 Å². The SMILES string of the molecule is COc1ccc2cc(C[NH2+]C[C@H]3CCCO3)c(=O)[nH]c2c1. The molecule has 21 heavy (non-hydrogen) atoms. The molecule has 0 spiro atoms. The van der Waals surface area contributed by atoms with Gasteiger partial charge >= 0.3 is 0 Å². The van der Waals surface area contributed by atoms with Crippen LogP contribution in [-0.4, -0.2) is 31.3 Å². The number of aromatic nitrogens is 1. The minimum Gasteiger partial charge on any atom is -0.497 e. The normalized spacial score (nSPS) is 18.2. The second kappa shape index (κ2) is 6.28. The molecule has 0 radical (unpaired) electrons. The van der Waals surface area contributed by atoms with Crippen molar-refractivity contribution in [2.24, 2.45) is 0 Å². The Balaban J connectivity index is 1.72. The third kappa shape index (κ3) is 3.25. The number of nitrogens with one attached hydrogen (secondary N) is 1. The number of benzene rings is 1. The van der Waals surface area contributed by atoms with E-state index in [1.54, 1.807) is 7.11 Å². The average Bonchev–Trinajstić information content (AvgIpc) is 3.00. The van der Waals surface area contributed by atoms with Gasteiger partial charge in [-0.3, -0.25) is 4.79 Å². The topological polar surface area (TPSA) is 67.9 Å². The molecule has 0 unspecified atom stereocenters. The summed E-state index contributed by atoms with van der Waals surface area (Å²) in [6.07, 6.45) is 2.62. The van der Waals surface area contributed by atoms with Crippen molar-refractivity contribution < 1.29 is 14.8 Å². The predicted molar refractivity (Wildman–Crippen MR) is 80.6 cm³/mol. The van der Waals surface area contributed by atoms with E-state index >= 15 is 0 Å². The van der Waals surface area contributed by atoms with Crippen molar-refractivity contribution in [3.63, 3.8) is 0 Å². The third-order valence-corrected chi connectivity index (χ3v) is 3.95. The number of quaternary nitrogens is 1. The second-order valence-electron chi connectivity index (χ2n) is 5.44. The molecule has 2 aromatic rings. The molecule has 1 atom stereocenters. The lowest BCUT2D eigenvalue weighted by atomic mass is 10.1. The fraction of sp³-hybridized carbons (Fsp3) is 0.438. The number of nitrogens with two attached hydrogens (primary N) is 1. The summed E-state index contributed by atoms with van der Waals surface area (Å²) < 4.78 is 10.8. The van der Waals surface area contributed by atoms with Crippen molar-refractivity contribution >= 4 is 10.9 Å². The fourth-order valence-corrected chi connectivity index (χ4v) is 2.76. The first-order chi connectivity index (χ1) is 10.3. The lowest BCUT2D eigenvalue weighted by Crippen LogP contribution is -2.85. The van der Waals surface area contributed by atoms with Crippen LogP contribution in [-0.2, 0) is 11.3 Å². The molecule has 1 fully saturated rings. The zero-order chi connectivity index (χ0) is 14.7. The van der Waals surface area contributed by atoms with E-state index in [9.17, 15) is 4.79 Å². The smallest absolute Gasteiger partial charge is 0.257 e. The van der Waals surface area contributed by atoms with Gasteiger partial charge in [0.15, 0.2) is 0 Å². The highest BCUT2D eigenvalue weighted by molar-refractivity contribution is 5.80. The summed E-state index contributed by atoms with van der Waals surface area (Å²) in [7, 11) is 1.62. The molecule has 3 rings (SSSR count). The van der Waals surface area contributed by atoms with Gasteiger partial charge in [0.1, 0.15) is 24.9 Å². The van der Waals surface area contributed by atoms with Gasteiger partial charge in [-0.15, -0.1) is 0 Å². The molecule has 0 amide bonds. The van der Waals surface area contributed by atoms with Gasteiger partial charge < -0.3 is 19.8 Å². The maximum absolute atomic E-state index is 12.1. The van der Waals surface area contributed by atoms with Gasteiger partial charge in [-0.1, -0.05) is 0 Å². The molecule has 0 aliphatic carbocycles. The summed E-state index contributed by atoms with van der Waals surface area (Å²) in [5.74, 6) is 0.746. The second-order valence-corrected chi connectivity index (χ2v) is 5.44. The summed E-state index contributed by atoms with van der Waals surface area (Å²) >= 11 is 0. The van der Waals surface area contributed by atoms with E-state index in [4.69, 9.17) is 9.47 Å². The van der Waals surface area contributed by atoms with Gasteiger partial charge in [0.25, 0.3) is 5.56 Å². The Hall–Kier alpha value is -1.85. The minimum atomic E-state index is -0.0284. The third-order valence-electron chi connectivity index (χ3n) is 3.95. The van der Waals surface area contributed by atoms with Crippen LogP contribution in [0.2, 0.25) is 0 Å². The summed E-state index contributed by atoms with van der Waals surface area (Å²) in [4.78, 5) is 15.0. The van der Waals surface area contributed by atoms with E-state index < -0.39 is 0 Å². The predicted octanol–water partition coefficient (Wildman–Crippen LogP) is 0.779. The fourth-order valence-electron chi connectivity index (χ4n) is 2.76. The van der Waals surface area contributed by atoms with Crippen LogP contribution < -0.4 is 15.6 Å². The molecular formula is C16H21N2O3+. The number of rotatable bonds is 5. The molecule has 3 N–H and O–H groups in total. The number of hydrogen-bond acceptors (Lipinski definition) is 3. The number of hydrogen-bond donors (Lipinski definition) is 2. The van der Waals surface area contributed by atoms with Crippen LogP contribution in [0.3, 0.4) is 0 Å². The molecular weight excluding hydrogens is 268 g/mol. The van der Waals surface area contributed by atoms with Crippen molar-refractivity contribution in [1.82, 2.24) is 4.98 Å². The molecule has 112 valence electrons. The molecule has 1 saturated heterocycles. The van der Waals surface area contributed by atoms with E-state index in [2.05, 4.69) is 10.3 Å². The maximum Gasteiger partial charge on any atom is 0.257 e. The highest BCUT2D eigenvalue weighted by Crippen LogP contribution is 2.18. The number of fused-ring (bicyclic) bond motifs is 1. The number of pyridine rings is 1. The van der Waals surface area contributed by atoms with Crippen LogP contribution >= 0.6 is 0 Å². The molecule has 0 bridgehead atoms. The van der Waals surface area contributed by atoms with Gasteiger partial charge in [0.2, 0.25) is 0 Å². The summed E-state index contributed by atoms with van der Waals surface area (Å²) in [5, 5.41) is 3.17. The van der Waals surface area contributed by atoms with Crippen molar-refractivity contribution in [2.75, 3.05) is 20.3 Å². The molecule has 1 aliphatic rings. The van der Waals surface area contributed by atoms with E-state index in [0.717, 1.165) is 48.2 Å². The van der Waals surface area contributed by atoms with Gasteiger partial charge in [-0.25, -0.2) is 0 Å². The first-order valence-corrected chi connectivity index (χ1v) is 7.39. The maximum atomic E-state index is 12.1. The number of ether oxygens (including phenoxy) is 2. The monoisotopic (exact) mass is 289 g/mol. The molecule has 1 aliphatic heterocycles. The van der Waals surface area contributed by atoms with Gasteiger partial charge in [0, 0.05) is 12.7 Å². The Kier molecular flexibility index (Phi) is 4.22. The van der Waals surface area contributed by atoms with Gasteiger partial charge in [-0.2, -0.15) is 0 Å². The first-order valence-electron chi connectivity index (χ1n) is 7.39. The van der Waals surface area contributed by atoms with Crippen LogP contribution in [0, 0.1) is 0 Å². The molecule has 5 heteroatoms. The van der Waals surface area contributed by atoms with Crippen LogP contribution in [0.4, 0.5) is 0 Å². The minimum absolute atomic E-state index is 0.0284. The van der Waals surface area contributed by atoms with Gasteiger partial charge in [-0.05, 0) is 36.4 Å². The summed E-state index contributed by atoms with van der Waals surface area (Å²) in [5.41, 5.74) is 1.58. The Morgan fingerprint density at radius 2 is 2.33 bits per heavy atom. The molecule has 5 nitrogen and oxygen atoms in total. The number of aromatic amines is 1. The Morgan fingerprint density at radius 1 is 1.43 bits per heavy atom. The number of H-pyrrole nitrogens is 1. The molecule has 1 aromatic heterocycles. The highest BCUT2D eigenvalue weighted by atomic mass is 16.5. The standard InChI is InChI=1S/C16H20N2O3/c1-20-13-5-4-11-7-12(16(19)18-15(11)8-13)9-17-10-14-3-2-6-21-14/h4-5,7-8,14,17H,2-3,6,9-10H2,1H3,(H,18,19)/p+1/t14-/m1/s1. The van der Waals surface area contributed by atoms with Crippen LogP contribution in [0.5, 0.6) is 5.75 Å².